The van der Waals surface area contributed by atoms with Crippen molar-refractivity contribution in [3.05, 3.63) is 45.9 Å². The fourth-order valence-electron chi connectivity index (χ4n) is 2.09. The highest BCUT2D eigenvalue weighted by Gasteiger charge is 2.30. The third kappa shape index (κ3) is 4.65. The third-order valence-electron chi connectivity index (χ3n) is 3.70. The van der Waals surface area contributed by atoms with Crippen LogP contribution in [0, 0.1) is 0 Å². The van der Waals surface area contributed by atoms with Crippen LogP contribution in [0.4, 0.5) is 13.2 Å². The first-order valence-corrected chi connectivity index (χ1v) is 7.60. The number of aryl methyl sites for hydroxylation is 1. The molecule has 2 aromatic rings. The zero-order chi connectivity index (χ0) is 18.6. The van der Waals surface area contributed by atoms with E-state index in [4.69, 9.17) is 0 Å². The van der Waals surface area contributed by atoms with Crippen molar-refractivity contribution in [3.8, 4) is 11.4 Å². The van der Waals surface area contributed by atoms with Crippen LogP contribution in [0.1, 0.15) is 24.6 Å². The molecule has 0 aliphatic rings. The SMILES string of the molecule is CCN(C)C(=O)CCc1nnc(-c2cccc(C(F)(F)F)c2)[nH]c1=O. The molecule has 0 atom stereocenters. The smallest absolute Gasteiger partial charge is 0.346 e. The molecule has 0 saturated heterocycles. The van der Waals surface area contributed by atoms with Gasteiger partial charge in [-0.25, -0.2) is 0 Å². The maximum absolute atomic E-state index is 12.8. The zero-order valence-corrected chi connectivity index (χ0v) is 13.7. The first-order chi connectivity index (χ1) is 11.7. The van der Waals surface area contributed by atoms with Gasteiger partial charge in [0.15, 0.2) is 5.82 Å². The van der Waals surface area contributed by atoms with Gasteiger partial charge in [-0.3, -0.25) is 9.59 Å². The second-order valence-electron chi connectivity index (χ2n) is 5.44. The van der Waals surface area contributed by atoms with Crippen molar-refractivity contribution >= 4 is 5.91 Å². The summed E-state index contributed by atoms with van der Waals surface area (Å²) in [5.41, 5.74) is -1.25. The molecule has 25 heavy (non-hydrogen) atoms. The highest BCUT2D eigenvalue weighted by atomic mass is 19.4. The van der Waals surface area contributed by atoms with Crippen LogP contribution >= 0.6 is 0 Å². The van der Waals surface area contributed by atoms with E-state index in [0.29, 0.717) is 6.54 Å². The summed E-state index contributed by atoms with van der Waals surface area (Å²) >= 11 is 0. The molecule has 1 aromatic carbocycles. The molecule has 0 fully saturated rings. The number of carbonyl (C=O) groups excluding carboxylic acids is 1. The fourth-order valence-corrected chi connectivity index (χ4v) is 2.09. The van der Waals surface area contributed by atoms with Crippen molar-refractivity contribution in [2.45, 2.75) is 25.9 Å². The van der Waals surface area contributed by atoms with Crippen molar-refractivity contribution in [1.82, 2.24) is 20.1 Å². The number of alkyl halides is 3. The van der Waals surface area contributed by atoms with E-state index in [9.17, 15) is 22.8 Å². The van der Waals surface area contributed by atoms with Crippen molar-refractivity contribution < 1.29 is 18.0 Å². The normalized spacial score (nSPS) is 11.4. The Bertz CT molecular complexity index is 818. The van der Waals surface area contributed by atoms with Gasteiger partial charge in [-0.05, 0) is 19.1 Å². The molecule has 134 valence electrons. The predicted molar refractivity (Wildman–Crippen MR) is 84.7 cm³/mol. The second-order valence-corrected chi connectivity index (χ2v) is 5.44. The quantitative estimate of drug-likeness (QED) is 0.893. The number of aromatic amines is 1. The van der Waals surface area contributed by atoms with Gasteiger partial charge in [0.2, 0.25) is 5.91 Å². The largest absolute Gasteiger partial charge is 0.416 e. The van der Waals surface area contributed by atoms with Gasteiger partial charge in [-0.15, -0.1) is 10.2 Å². The number of hydrogen-bond donors (Lipinski definition) is 1. The first kappa shape index (κ1) is 18.6. The Kier molecular flexibility index (Phi) is 5.55. The van der Waals surface area contributed by atoms with E-state index in [-0.39, 0.29) is 35.8 Å². The van der Waals surface area contributed by atoms with E-state index in [1.165, 1.54) is 17.0 Å². The van der Waals surface area contributed by atoms with E-state index in [2.05, 4.69) is 15.2 Å². The molecular formula is C16H17F3N4O2. The lowest BCUT2D eigenvalue weighted by molar-refractivity contribution is -0.137. The van der Waals surface area contributed by atoms with E-state index in [0.717, 1.165) is 12.1 Å². The minimum absolute atomic E-state index is 0.0585. The lowest BCUT2D eigenvalue weighted by atomic mass is 10.1. The van der Waals surface area contributed by atoms with Crippen molar-refractivity contribution in [3.63, 3.8) is 0 Å². The summed E-state index contributed by atoms with van der Waals surface area (Å²) in [6, 6.07) is 4.44. The van der Waals surface area contributed by atoms with Crippen molar-refractivity contribution in [1.29, 1.82) is 0 Å². The zero-order valence-electron chi connectivity index (χ0n) is 13.7. The van der Waals surface area contributed by atoms with Gasteiger partial charge < -0.3 is 9.88 Å². The number of nitrogens with zero attached hydrogens (tertiary/aromatic N) is 3. The second kappa shape index (κ2) is 7.45. The Balaban J connectivity index is 2.20. The maximum Gasteiger partial charge on any atom is 0.416 e. The molecule has 0 saturated carbocycles. The van der Waals surface area contributed by atoms with Gasteiger partial charge >= 0.3 is 6.18 Å². The minimum atomic E-state index is -4.49. The molecule has 0 spiro atoms. The summed E-state index contributed by atoms with van der Waals surface area (Å²) in [5, 5.41) is 7.54. The monoisotopic (exact) mass is 354 g/mol. The van der Waals surface area contributed by atoms with Crippen LogP contribution in [0.2, 0.25) is 0 Å². The summed E-state index contributed by atoms with van der Waals surface area (Å²) in [7, 11) is 1.65. The van der Waals surface area contributed by atoms with Crippen LogP contribution in [-0.4, -0.2) is 39.6 Å². The third-order valence-corrected chi connectivity index (χ3v) is 3.70. The molecule has 1 N–H and O–H groups in total. The van der Waals surface area contributed by atoms with Crippen LogP contribution < -0.4 is 5.56 Å². The van der Waals surface area contributed by atoms with Gasteiger partial charge in [0.1, 0.15) is 5.69 Å². The van der Waals surface area contributed by atoms with E-state index in [1.807, 2.05) is 6.92 Å². The molecule has 0 aliphatic heterocycles. The molecule has 6 nitrogen and oxygen atoms in total. The van der Waals surface area contributed by atoms with Gasteiger partial charge in [0.25, 0.3) is 5.56 Å². The van der Waals surface area contributed by atoms with Crippen LogP contribution in [0.3, 0.4) is 0 Å². The predicted octanol–water partition coefficient (Wildman–Crippen LogP) is 2.26. The van der Waals surface area contributed by atoms with Gasteiger partial charge in [0, 0.05) is 32.0 Å². The first-order valence-electron chi connectivity index (χ1n) is 7.60. The number of benzene rings is 1. The summed E-state index contributed by atoms with van der Waals surface area (Å²) in [5.74, 6) is -0.192. The number of aromatic nitrogens is 3. The van der Waals surface area contributed by atoms with Gasteiger partial charge in [-0.2, -0.15) is 13.2 Å². The average Bonchev–Trinajstić information content (AvgIpc) is 2.59. The number of rotatable bonds is 5. The lowest BCUT2D eigenvalue weighted by Crippen LogP contribution is -2.27. The summed E-state index contributed by atoms with van der Waals surface area (Å²) in [6.07, 6.45) is -4.28. The number of carbonyl (C=O) groups is 1. The van der Waals surface area contributed by atoms with E-state index >= 15 is 0 Å². The molecule has 1 heterocycles. The van der Waals surface area contributed by atoms with E-state index < -0.39 is 17.3 Å². The minimum Gasteiger partial charge on any atom is -0.346 e. The topological polar surface area (TPSA) is 79.0 Å². The fraction of sp³-hybridized carbons (Fsp3) is 0.375. The van der Waals surface area contributed by atoms with Gasteiger partial charge in [-0.1, -0.05) is 12.1 Å². The standard InChI is InChI=1S/C16H17F3N4O2/c1-3-23(2)13(24)8-7-12-15(25)20-14(22-21-12)10-5-4-6-11(9-10)16(17,18)19/h4-6,9H,3,7-8H2,1-2H3,(H,20,22,25). The number of H-pyrrole nitrogens is 1. The summed E-state index contributed by atoms with van der Waals surface area (Å²) in [4.78, 5) is 27.7. The van der Waals surface area contributed by atoms with Crippen LogP contribution in [0.25, 0.3) is 11.4 Å². The summed E-state index contributed by atoms with van der Waals surface area (Å²) in [6.45, 7) is 2.38. The highest BCUT2D eigenvalue weighted by Crippen LogP contribution is 2.31. The van der Waals surface area contributed by atoms with Crippen molar-refractivity contribution in [2.24, 2.45) is 0 Å². The lowest BCUT2D eigenvalue weighted by Gasteiger charge is -2.13. The van der Waals surface area contributed by atoms with Crippen LogP contribution in [0.5, 0.6) is 0 Å². The number of halogens is 3. The molecule has 2 rings (SSSR count). The van der Waals surface area contributed by atoms with Crippen LogP contribution in [0.15, 0.2) is 29.1 Å². The Labute approximate surface area is 141 Å². The van der Waals surface area contributed by atoms with E-state index in [1.54, 1.807) is 7.05 Å². The Morgan fingerprint density at radius 2 is 2.00 bits per heavy atom. The Morgan fingerprint density at radius 3 is 2.60 bits per heavy atom. The maximum atomic E-state index is 12.8. The molecular weight excluding hydrogens is 337 g/mol. The molecule has 1 amide bonds. The molecule has 0 unspecified atom stereocenters. The van der Waals surface area contributed by atoms with Crippen molar-refractivity contribution in [2.75, 3.05) is 13.6 Å². The molecule has 0 bridgehead atoms. The molecule has 1 aromatic heterocycles. The number of nitrogens with one attached hydrogen (secondary N) is 1. The van der Waals surface area contributed by atoms with Gasteiger partial charge in [0.05, 0.1) is 5.56 Å². The Morgan fingerprint density at radius 1 is 1.28 bits per heavy atom. The summed E-state index contributed by atoms with van der Waals surface area (Å²) < 4.78 is 38.3. The number of hydrogen-bond acceptors (Lipinski definition) is 4. The highest BCUT2D eigenvalue weighted by molar-refractivity contribution is 5.76. The molecule has 0 radical (unpaired) electrons. The number of amides is 1. The molecule has 0 aliphatic carbocycles. The Hall–Kier alpha value is -2.71. The average molecular weight is 354 g/mol. The molecule has 9 heteroatoms. The van der Waals surface area contributed by atoms with Crippen LogP contribution in [-0.2, 0) is 17.4 Å².